The topological polar surface area (TPSA) is 43.7 Å². The Hall–Kier alpha value is -0.900. The Bertz CT molecular complexity index is 322. The van der Waals surface area contributed by atoms with E-state index in [2.05, 4.69) is 24.0 Å². The highest BCUT2D eigenvalue weighted by molar-refractivity contribution is 5.18. The monoisotopic (exact) mass is 237 g/mol. The molecule has 0 bridgehead atoms. The molecule has 3 nitrogen and oxygen atoms in total. The highest BCUT2D eigenvalue weighted by Crippen LogP contribution is 2.23. The highest BCUT2D eigenvalue weighted by Gasteiger charge is 2.26. The second-order valence-corrected chi connectivity index (χ2v) is 5.13. The highest BCUT2D eigenvalue weighted by atomic mass is 16.3. The molecule has 2 N–H and O–H groups in total. The molecule has 1 rings (SSSR count). The van der Waals surface area contributed by atoms with Crippen molar-refractivity contribution >= 4 is 0 Å². The van der Waals surface area contributed by atoms with Crippen molar-refractivity contribution in [2.45, 2.75) is 19.9 Å². The molecular weight excluding hydrogens is 214 g/mol. The van der Waals surface area contributed by atoms with Gasteiger partial charge in [0.25, 0.3) is 0 Å². The first-order valence-corrected chi connectivity index (χ1v) is 5.99. The first kappa shape index (κ1) is 14.2. The number of rotatable bonds is 6. The molecule has 1 aromatic carbocycles. The van der Waals surface area contributed by atoms with Crippen LogP contribution in [0.15, 0.2) is 30.3 Å². The lowest BCUT2D eigenvalue weighted by molar-refractivity contribution is 0.0326. The average Bonchev–Trinajstić information content (AvgIpc) is 2.38. The lowest BCUT2D eigenvalue weighted by atomic mass is 9.91. The smallest absolute Gasteiger partial charge is 0.0519 e. The van der Waals surface area contributed by atoms with Crippen molar-refractivity contribution in [3.05, 3.63) is 35.9 Å². The Labute approximate surface area is 104 Å². The van der Waals surface area contributed by atoms with E-state index in [1.54, 1.807) is 0 Å². The molecule has 0 spiro atoms. The van der Waals surface area contributed by atoms with E-state index in [1.807, 2.05) is 32.2 Å². The normalized spacial score (nSPS) is 14.0. The third kappa shape index (κ3) is 3.80. The first-order valence-electron chi connectivity index (χ1n) is 5.99. The van der Waals surface area contributed by atoms with E-state index in [0.29, 0.717) is 6.54 Å². The van der Waals surface area contributed by atoms with Gasteiger partial charge in [0.15, 0.2) is 0 Å². The van der Waals surface area contributed by atoms with Crippen molar-refractivity contribution in [1.82, 2.24) is 4.90 Å². The van der Waals surface area contributed by atoms with Crippen LogP contribution in [-0.2, 0) is 0 Å². The molecule has 1 atom stereocenters. The molecule has 1 aromatic rings. The van der Waals surface area contributed by atoms with E-state index in [9.17, 15) is 10.2 Å². The largest absolute Gasteiger partial charge is 0.396 e. The molecular formula is C14H23NO2. The lowest BCUT2D eigenvalue weighted by Gasteiger charge is -2.34. The van der Waals surface area contributed by atoms with Crippen molar-refractivity contribution in [2.24, 2.45) is 5.41 Å². The minimum atomic E-state index is -0.447. The molecule has 0 heterocycles. The van der Waals surface area contributed by atoms with Crippen LogP contribution >= 0.6 is 0 Å². The predicted octanol–water partition coefficient (Wildman–Crippen LogP) is 1.67. The predicted molar refractivity (Wildman–Crippen MR) is 69.8 cm³/mol. The van der Waals surface area contributed by atoms with Gasteiger partial charge in [-0.15, -0.1) is 0 Å². The maximum atomic E-state index is 9.30. The zero-order valence-corrected chi connectivity index (χ0v) is 10.9. The summed E-state index contributed by atoms with van der Waals surface area (Å²) >= 11 is 0. The van der Waals surface area contributed by atoms with Crippen LogP contribution < -0.4 is 0 Å². The summed E-state index contributed by atoms with van der Waals surface area (Å²) in [6, 6.07) is 10.5. The van der Waals surface area contributed by atoms with E-state index in [4.69, 9.17) is 0 Å². The molecule has 3 heteroatoms. The van der Waals surface area contributed by atoms with Crippen LogP contribution in [0.5, 0.6) is 0 Å². The standard InChI is InChI=1S/C14H23NO2/c1-12(13-7-5-4-6-8-13)15(3)9-14(2,10-16)11-17/h4-8,12,16-17H,9-11H2,1-3H3. The van der Waals surface area contributed by atoms with Gasteiger partial charge >= 0.3 is 0 Å². The summed E-state index contributed by atoms with van der Waals surface area (Å²) in [6.07, 6.45) is 0. The van der Waals surface area contributed by atoms with Crippen molar-refractivity contribution in [2.75, 3.05) is 26.8 Å². The van der Waals surface area contributed by atoms with Gasteiger partial charge in [-0.05, 0) is 19.5 Å². The van der Waals surface area contributed by atoms with Gasteiger partial charge in [-0.2, -0.15) is 0 Å². The van der Waals surface area contributed by atoms with Gasteiger partial charge in [-0.25, -0.2) is 0 Å². The summed E-state index contributed by atoms with van der Waals surface area (Å²) in [5, 5.41) is 18.6. The summed E-state index contributed by atoms with van der Waals surface area (Å²) in [4.78, 5) is 2.15. The quantitative estimate of drug-likeness (QED) is 0.791. The third-order valence-corrected chi connectivity index (χ3v) is 3.34. The molecule has 0 aliphatic rings. The Kier molecular flexibility index (Phi) is 5.12. The Balaban J connectivity index is 2.68. The van der Waals surface area contributed by atoms with Gasteiger partial charge in [0.05, 0.1) is 13.2 Å². The van der Waals surface area contributed by atoms with Crippen LogP contribution in [0.4, 0.5) is 0 Å². The summed E-state index contributed by atoms with van der Waals surface area (Å²) < 4.78 is 0. The zero-order chi connectivity index (χ0) is 12.9. The Morgan fingerprint density at radius 3 is 2.18 bits per heavy atom. The van der Waals surface area contributed by atoms with E-state index in [1.165, 1.54) is 5.56 Å². The van der Waals surface area contributed by atoms with Crippen LogP contribution in [0.25, 0.3) is 0 Å². The maximum Gasteiger partial charge on any atom is 0.0519 e. The molecule has 0 radical (unpaired) electrons. The number of aliphatic hydroxyl groups excluding tert-OH is 2. The van der Waals surface area contributed by atoms with Gasteiger partial charge in [0.1, 0.15) is 0 Å². The molecule has 17 heavy (non-hydrogen) atoms. The van der Waals surface area contributed by atoms with Gasteiger partial charge in [-0.1, -0.05) is 37.3 Å². The van der Waals surface area contributed by atoms with E-state index in [-0.39, 0.29) is 19.3 Å². The molecule has 0 aromatic heterocycles. The van der Waals surface area contributed by atoms with Crippen LogP contribution in [0, 0.1) is 5.41 Å². The third-order valence-electron chi connectivity index (χ3n) is 3.34. The summed E-state index contributed by atoms with van der Waals surface area (Å²) in [5.41, 5.74) is 0.797. The second kappa shape index (κ2) is 6.15. The number of nitrogens with zero attached hydrogens (tertiary/aromatic N) is 1. The first-order chi connectivity index (χ1) is 8.02. The van der Waals surface area contributed by atoms with E-state index >= 15 is 0 Å². The van der Waals surface area contributed by atoms with Crippen LogP contribution in [0.3, 0.4) is 0 Å². The van der Waals surface area contributed by atoms with Crippen LogP contribution in [-0.4, -0.2) is 41.9 Å². The van der Waals surface area contributed by atoms with Gasteiger partial charge < -0.3 is 10.2 Å². The van der Waals surface area contributed by atoms with Crippen molar-refractivity contribution in [3.63, 3.8) is 0 Å². The molecule has 1 unspecified atom stereocenters. The van der Waals surface area contributed by atoms with Gasteiger partial charge in [-0.3, -0.25) is 4.90 Å². The van der Waals surface area contributed by atoms with E-state index < -0.39 is 5.41 Å². The summed E-state index contributed by atoms with van der Waals surface area (Å²) in [5.74, 6) is 0. The van der Waals surface area contributed by atoms with Gasteiger partial charge in [0.2, 0.25) is 0 Å². The van der Waals surface area contributed by atoms with Gasteiger partial charge in [0, 0.05) is 18.0 Å². The Morgan fingerprint density at radius 1 is 1.18 bits per heavy atom. The summed E-state index contributed by atoms with van der Waals surface area (Å²) in [7, 11) is 2.02. The number of aliphatic hydroxyl groups is 2. The fourth-order valence-electron chi connectivity index (χ4n) is 1.88. The van der Waals surface area contributed by atoms with Crippen LogP contribution in [0.1, 0.15) is 25.5 Å². The van der Waals surface area contributed by atoms with Crippen molar-refractivity contribution < 1.29 is 10.2 Å². The maximum absolute atomic E-state index is 9.30. The minimum Gasteiger partial charge on any atom is -0.396 e. The number of benzene rings is 1. The number of hydrogen-bond donors (Lipinski definition) is 2. The second-order valence-electron chi connectivity index (χ2n) is 5.13. The van der Waals surface area contributed by atoms with Crippen LogP contribution in [0.2, 0.25) is 0 Å². The molecule has 0 saturated carbocycles. The Morgan fingerprint density at radius 2 is 1.71 bits per heavy atom. The molecule has 0 aliphatic carbocycles. The minimum absolute atomic E-state index is 0.00461. The lowest BCUT2D eigenvalue weighted by Crippen LogP contribution is -2.40. The molecule has 0 saturated heterocycles. The van der Waals surface area contributed by atoms with Crippen molar-refractivity contribution in [3.8, 4) is 0 Å². The molecule has 0 aliphatic heterocycles. The molecule has 96 valence electrons. The van der Waals surface area contributed by atoms with Crippen molar-refractivity contribution in [1.29, 1.82) is 0 Å². The average molecular weight is 237 g/mol. The molecule has 0 fully saturated rings. The zero-order valence-electron chi connectivity index (χ0n) is 10.9. The SMILES string of the molecule is CC(c1ccccc1)N(C)CC(C)(CO)CO. The summed E-state index contributed by atoms with van der Waals surface area (Å²) in [6.45, 7) is 4.67. The molecule has 0 amide bonds. The fraction of sp³-hybridized carbons (Fsp3) is 0.571. The fourth-order valence-corrected chi connectivity index (χ4v) is 1.88. The van der Waals surface area contributed by atoms with E-state index in [0.717, 1.165) is 0 Å². The number of hydrogen-bond acceptors (Lipinski definition) is 3.